The molecule has 0 aliphatic carbocycles. The van der Waals surface area contributed by atoms with Gasteiger partial charge in [0.25, 0.3) is 0 Å². The molecule has 6 heteroatoms. The molecule has 0 aromatic carbocycles. The third-order valence-electron chi connectivity index (χ3n) is 3.44. The number of carbonyl (C=O) groups is 1. The molecule has 2 amide bonds. The first-order chi connectivity index (χ1) is 8.74. The fraction of sp³-hybridized carbons (Fsp3) is 0.500. The molecule has 3 rings (SSSR count). The molecule has 1 N–H and O–H groups in total. The Kier molecular flexibility index (Phi) is 3.22. The van der Waals surface area contributed by atoms with Gasteiger partial charge in [0, 0.05) is 36.8 Å². The molecule has 2 aliphatic rings. The van der Waals surface area contributed by atoms with Gasteiger partial charge in [-0.15, -0.1) is 0 Å². The first kappa shape index (κ1) is 11.9. The lowest BCUT2D eigenvalue weighted by Gasteiger charge is -2.28. The molecule has 0 bridgehead atoms. The van der Waals surface area contributed by atoms with Crippen LogP contribution < -0.4 is 5.32 Å². The molecule has 1 aromatic heterocycles. The molecule has 0 saturated carbocycles. The lowest BCUT2D eigenvalue weighted by atomic mass is 10.2. The van der Waals surface area contributed by atoms with Crippen LogP contribution in [0.25, 0.3) is 0 Å². The number of hydrogen-bond acceptors (Lipinski definition) is 3. The maximum atomic E-state index is 12.2. The predicted molar refractivity (Wildman–Crippen MR) is 71.1 cm³/mol. The molecule has 1 unspecified atom stereocenters. The summed E-state index contributed by atoms with van der Waals surface area (Å²) in [5.74, 6) is 0. The minimum atomic E-state index is 0.145. The van der Waals surface area contributed by atoms with Crippen LogP contribution in [-0.4, -0.2) is 53.0 Å². The van der Waals surface area contributed by atoms with E-state index in [1.165, 1.54) is 0 Å². The summed E-state index contributed by atoms with van der Waals surface area (Å²) in [4.78, 5) is 20.4. The van der Waals surface area contributed by atoms with Crippen LogP contribution in [0.3, 0.4) is 0 Å². The first-order valence-corrected chi connectivity index (χ1v) is 6.90. The summed E-state index contributed by atoms with van der Waals surface area (Å²) in [7, 11) is 0. The number of hydrogen-bond donors (Lipinski definition) is 1. The maximum absolute atomic E-state index is 12.2. The molecule has 18 heavy (non-hydrogen) atoms. The second-order valence-corrected chi connectivity index (χ2v) is 5.60. The maximum Gasteiger partial charge on any atom is 0.320 e. The van der Waals surface area contributed by atoms with Crippen molar-refractivity contribution in [1.29, 1.82) is 0 Å². The Bertz CT molecular complexity index is 450. The highest BCUT2D eigenvalue weighted by Crippen LogP contribution is 2.19. The van der Waals surface area contributed by atoms with Crippen molar-refractivity contribution in [2.24, 2.45) is 0 Å². The van der Waals surface area contributed by atoms with Gasteiger partial charge >= 0.3 is 6.03 Å². The second kappa shape index (κ2) is 4.85. The summed E-state index contributed by atoms with van der Waals surface area (Å²) in [5, 5.41) is 3.33. The van der Waals surface area contributed by atoms with E-state index in [2.05, 4.69) is 26.2 Å². The minimum Gasteiger partial charge on any atom is -0.317 e. The molecule has 3 heterocycles. The standard InChI is InChI=1S/C12H15BrN4O/c13-9-1-2-10(15-5-9)7-16-8-11-6-14-3-4-17(11)12(16)18/h1-2,5,11,14H,3-4,6-8H2. The van der Waals surface area contributed by atoms with Gasteiger partial charge in [0.2, 0.25) is 0 Å². The number of aromatic nitrogens is 1. The van der Waals surface area contributed by atoms with Crippen molar-refractivity contribution in [2.75, 3.05) is 26.2 Å². The SMILES string of the molecule is O=C1N(Cc2ccc(Br)cn2)CC2CNCCN12. The van der Waals surface area contributed by atoms with Crippen LogP contribution >= 0.6 is 15.9 Å². The topological polar surface area (TPSA) is 48.5 Å². The Morgan fingerprint density at radius 1 is 1.50 bits per heavy atom. The zero-order valence-electron chi connectivity index (χ0n) is 9.97. The van der Waals surface area contributed by atoms with E-state index < -0.39 is 0 Å². The summed E-state index contributed by atoms with van der Waals surface area (Å²) in [6, 6.07) is 4.37. The van der Waals surface area contributed by atoms with Crippen molar-refractivity contribution in [2.45, 2.75) is 12.6 Å². The number of rotatable bonds is 2. The van der Waals surface area contributed by atoms with Gasteiger partial charge in [0.1, 0.15) is 0 Å². The fourth-order valence-corrected chi connectivity index (χ4v) is 2.75. The van der Waals surface area contributed by atoms with Crippen molar-refractivity contribution < 1.29 is 4.79 Å². The lowest BCUT2D eigenvalue weighted by molar-refractivity contribution is 0.178. The zero-order chi connectivity index (χ0) is 12.5. The van der Waals surface area contributed by atoms with Crippen LogP contribution in [0.1, 0.15) is 5.69 Å². The Balaban J connectivity index is 1.70. The van der Waals surface area contributed by atoms with Crippen LogP contribution in [-0.2, 0) is 6.54 Å². The number of fused-ring (bicyclic) bond motifs is 1. The molecular formula is C12H15BrN4O. The van der Waals surface area contributed by atoms with Crippen molar-refractivity contribution in [1.82, 2.24) is 20.1 Å². The normalized spacial score (nSPS) is 23.4. The molecule has 0 radical (unpaired) electrons. The summed E-state index contributed by atoms with van der Waals surface area (Å²) < 4.78 is 0.959. The van der Waals surface area contributed by atoms with Gasteiger partial charge in [-0.1, -0.05) is 0 Å². The molecule has 2 fully saturated rings. The van der Waals surface area contributed by atoms with Gasteiger partial charge in [0.15, 0.2) is 0 Å². The number of urea groups is 1. The van der Waals surface area contributed by atoms with E-state index in [0.717, 1.165) is 36.3 Å². The number of nitrogens with one attached hydrogen (secondary N) is 1. The van der Waals surface area contributed by atoms with Crippen molar-refractivity contribution in [3.63, 3.8) is 0 Å². The van der Waals surface area contributed by atoms with E-state index in [1.807, 2.05) is 21.9 Å². The van der Waals surface area contributed by atoms with E-state index in [9.17, 15) is 4.79 Å². The molecule has 5 nitrogen and oxygen atoms in total. The second-order valence-electron chi connectivity index (χ2n) is 4.68. The Morgan fingerprint density at radius 2 is 2.39 bits per heavy atom. The van der Waals surface area contributed by atoms with Crippen molar-refractivity contribution >= 4 is 22.0 Å². The molecule has 1 aromatic rings. The summed E-state index contributed by atoms with van der Waals surface area (Å²) >= 11 is 3.36. The number of piperazine rings is 1. The summed E-state index contributed by atoms with van der Waals surface area (Å²) in [6.07, 6.45) is 1.77. The Hall–Kier alpha value is -1.14. The molecule has 96 valence electrons. The highest BCUT2D eigenvalue weighted by Gasteiger charge is 2.38. The number of amides is 2. The van der Waals surface area contributed by atoms with Crippen LogP contribution in [0, 0.1) is 0 Å². The summed E-state index contributed by atoms with van der Waals surface area (Å²) in [5.41, 5.74) is 0.930. The van der Waals surface area contributed by atoms with Gasteiger partial charge in [-0.3, -0.25) is 4.98 Å². The molecule has 1 atom stereocenters. The van der Waals surface area contributed by atoms with Gasteiger partial charge in [-0.25, -0.2) is 4.79 Å². The van der Waals surface area contributed by atoms with E-state index in [4.69, 9.17) is 0 Å². The van der Waals surface area contributed by atoms with E-state index in [-0.39, 0.29) is 6.03 Å². The number of halogens is 1. The van der Waals surface area contributed by atoms with Gasteiger partial charge in [-0.05, 0) is 28.1 Å². The average molecular weight is 311 g/mol. The molecule has 2 aliphatic heterocycles. The highest BCUT2D eigenvalue weighted by atomic mass is 79.9. The smallest absolute Gasteiger partial charge is 0.317 e. The quantitative estimate of drug-likeness (QED) is 0.888. The minimum absolute atomic E-state index is 0.145. The Morgan fingerprint density at radius 3 is 3.11 bits per heavy atom. The number of nitrogens with zero attached hydrogens (tertiary/aromatic N) is 3. The average Bonchev–Trinajstić information content (AvgIpc) is 2.70. The fourth-order valence-electron chi connectivity index (χ4n) is 2.52. The van der Waals surface area contributed by atoms with E-state index in [1.54, 1.807) is 6.20 Å². The molecule has 2 saturated heterocycles. The van der Waals surface area contributed by atoms with Crippen LogP contribution in [0.4, 0.5) is 4.79 Å². The largest absolute Gasteiger partial charge is 0.320 e. The third-order valence-corrected chi connectivity index (χ3v) is 3.91. The monoisotopic (exact) mass is 310 g/mol. The van der Waals surface area contributed by atoms with Crippen LogP contribution in [0.15, 0.2) is 22.8 Å². The predicted octanol–water partition coefficient (Wildman–Crippen LogP) is 1.05. The third kappa shape index (κ3) is 2.22. The van der Waals surface area contributed by atoms with E-state index in [0.29, 0.717) is 12.6 Å². The zero-order valence-corrected chi connectivity index (χ0v) is 11.6. The van der Waals surface area contributed by atoms with Gasteiger partial charge in [-0.2, -0.15) is 0 Å². The Labute approximate surface area is 114 Å². The molecular weight excluding hydrogens is 296 g/mol. The molecule has 0 spiro atoms. The van der Waals surface area contributed by atoms with Gasteiger partial charge < -0.3 is 15.1 Å². The lowest BCUT2D eigenvalue weighted by Crippen LogP contribution is -2.49. The van der Waals surface area contributed by atoms with E-state index >= 15 is 0 Å². The van der Waals surface area contributed by atoms with Gasteiger partial charge in [0.05, 0.1) is 18.3 Å². The van der Waals surface area contributed by atoms with Crippen LogP contribution in [0.2, 0.25) is 0 Å². The summed E-state index contributed by atoms with van der Waals surface area (Å²) in [6.45, 7) is 4.00. The van der Waals surface area contributed by atoms with Crippen LogP contribution in [0.5, 0.6) is 0 Å². The number of pyridine rings is 1. The van der Waals surface area contributed by atoms with Crippen molar-refractivity contribution in [3.8, 4) is 0 Å². The van der Waals surface area contributed by atoms with Crippen molar-refractivity contribution in [3.05, 3.63) is 28.5 Å². The first-order valence-electron chi connectivity index (χ1n) is 6.11. The highest BCUT2D eigenvalue weighted by molar-refractivity contribution is 9.10. The number of carbonyl (C=O) groups excluding carboxylic acids is 1.